The zero-order valence-corrected chi connectivity index (χ0v) is 12.6. The van der Waals surface area contributed by atoms with Gasteiger partial charge in [0.1, 0.15) is 17.3 Å². The first-order chi connectivity index (χ1) is 9.15. The average molecular weight is 323 g/mol. The van der Waals surface area contributed by atoms with Gasteiger partial charge in [-0.05, 0) is 47.1 Å². The molecule has 2 aromatic rings. The maximum absolute atomic E-state index is 5.44. The number of methoxy groups -OCH3 is 2. The van der Waals surface area contributed by atoms with Crippen molar-refractivity contribution in [3.05, 3.63) is 40.5 Å². The molecule has 100 valence electrons. The number of hydrogen-bond acceptors (Lipinski definition) is 4. The van der Waals surface area contributed by atoms with Crippen molar-refractivity contribution in [3.8, 4) is 11.5 Å². The molecule has 0 bridgehead atoms. The lowest BCUT2D eigenvalue weighted by Gasteiger charge is -2.15. The molecule has 5 heteroatoms. The molecular formula is C14H15BrN2O2. The molecule has 2 rings (SSSR count). The first-order valence-electron chi connectivity index (χ1n) is 5.76. The Labute approximate surface area is 120 Å². The van der Waals surface area contributed by atoms with Crippen molar-refractivity contribution in [2.75, 3.05) is 19.5 Å². The van der Waals surface area contributed by atoms with Crippen molar-refractivity contribution < 1.29 is 9.47 Å². The van der Waals surface area contributed by atoms with Crippen LogP contribution in [0.25, 0.3) is 0 Å². The molecule has 0 aliphatic heterocycles. The van der Waals surface area contributed by atoms with Crippen LogP contribution < -0.4 is 14.8 Å². The molecule has 4 nitrogen and oxygen atoms in total. The highest BCUT2D eigenvalue weighted by Gasteiger charge is 2.11. The Balaban J connectivity index is 2.34. The standard InChI is InChI=1S/C14H15BrN2O2/c1-9-12(18-2)6-5-11(14(9)19-3)17-13-7-4-10(15)8-16-13/h4-8H,1-3H3,(H,16,17). The van der Waals surface area contributed by atoms with Crippen LogP contribution in [0.1, 0.15) is 5.56 Å². The summed E-state index contributed by atoms with van der Waals surface area (Å²) in [7, 11) is 3.28. The van der Waals surface area contributed by atoms with Crippen molar-refractivity contribution in [3.63, 3.8) is 0 Å². The predicted molar refractivity (Wildman–Crippen MR) is 79.5 cm³/mol. The molecule has 1 aromatic heterocycles. The Bertz CT molecular complexity index is 570. The summed E-state index contributed by atoms with van der Waals surface area (Å²) in [6, 6.07) is 7.63. The van der Waals surface area contributed by atoms with Gasteiger partial charge in [0.25, 0.3) is 0 Å². The van der Waals surface area contributed by atoms with Gasteiger partial charge >= 0.3 is 0 Å². The van der Waals surface area contributed by atoms with Crippen LogP contribution in [0.3, 0.4) is 0 Å². The second kappa shape index (κ2) is 5.93. The average Bonchev–Trinajstić information content (AvgIpc) is 2.42. The number of hydrogen-bond donors (Lipinski definition) is 1. The minimum Gasteiger partial charge on any atom is -0.496 e. The molecule has 1 N–H and O–H groups in total. The van der Waals surface area contributed by atoms with E-state index in [1.165, 1.54) is 0 Å². The normalized spacial score (nSPS) is 10.1. The molecule has 0 fully saturated rings. The molecule has 0 radical (unpaired) electrons. The van der Waals surface area contributed by atoms with Crippen molar-refractivity contribution in [2.45, 2.75) is 6.92 Å². The van der Waals surface area contributed by atoms with E-state index in [0.717, 1.165) is 33.0 Å². The van der Waals surface area contributed by atoms with Gasteiger partial charge in [0.05, 0.1) is 19.9 Å². The highest BCUT2D eigenvalue weighted by atomic mass is 79.9. The second-order valence-corrected chi connectivity index (χ2v) is 4.88. The van der Waals surface area contributed by atoms with E-state index in [1.54, 1.807) is 20.4 Å². The van der Waals surface area contributed by atoms with Crippen LogP contribution in [0.15, 0.2) is 34.9 Å². The number of nitrogens with zero attached hydrogens (tertiary/aromatic N) is 1. The third-order valence-electron chi connectivity index (χ3n) is 2.77. The van der Waals surface area contributed by atoms with E-state index in [4.69, 9.17) is 9.47 Å². The summed E-state index contributed by atoms with van der Waals surface area (Å²) in [5, 5.41) is 3.23. The van der Waals surface area contributed by atoms with Gasteiger partial charge in [-0.1, -0.05) is 0 Å². The van der Waals surface area contributed by atoms with E-state index in [1.807, 2.05) is 31.2 Å². The SMILES string of the molecule is COc1ccc(Nc2ccc(Br)cn2)c(OC)c1C. The summed E-state index contributed by atoms with van der Waals surface area (Å²) in [4.78, 5) is 4.28. The first-order valence-corrected chi connectivity index (χ1v) is 6.55. The first kappa shape index (κ1) is 13.7. The van der Waals surface area contributed by atoms with E-state index < -0.39 is 0 Å². The number of ether oxygens (including phenoxy) is 2. The van der Waals surface area contributed by atoms with Gasteiger partial charge in [-0.15, -0.1) is 0 Å². The smallest absolute Gasteiger partial charge is 0.148 e. The summed E-state index contributed by atoms with van der Waals surface area (Å²) in [5.41, 5.74) is 1.81. The minimum absolute atomic E-state index is 0.754. The number of pyridine rings is 1. The van der Waals surface area contributed by atoms with Crippen molar-refractivity contribution in [1.29, 1.82) is 0 Å². The Kier molecular flexibility index (Phi) is 4.27. The number of benzene rings is 1. The molecule has 0 spiro atoms. The number of rotatable bonds is 4. The fourth-order valence-electron chi connectivity index (χ4n) is 1.84. The van der Waals surface area contributed by atoms with Crippen LogP contribution in [-0.2, 0) is 0 Å². The Morgan fingerprint density at radius 1 is 1.11 bits per heavy atom. The number of anilines is 2. The van der Waals surface area contributed by atoms with Crippen LogP contribution in [0.2, 0.25) is 0 Å². The summed E-state index contributed by atoms with van der Waals surface area (Å²) < 4.78 is 11.7. The van der Waals surface area contributed by atoms with E-state index in [0.29, 0.717) is 0 Å². The summed E-state index contributed by atoms with van der Waals surface area (Å²) in [6.07, 6.45) is 1.74. The van der Waals surface area contributed by atoms with Gasteiger partial charge in [-0.2, -0.15) is 0 Å². The van der Waals surface area contributed by atoms with Gasteiger partial charge in [-0.25, -0.2) is 4.98 Å². The molecule has 19 heavy (non-hydrogen) atoms. The summed E-state index contributed by atoms with van der Waals surface area (Å²) >= 11 is 3.36. The minimum atomic E-state index is 0.754. The Hall–Kier alpha value is -1.75. The van der Waals surface area contributed by atoms with E-state index in [-0.39, 0.29) is 0 Å². The van der Waals surface area contributed by atoms with Gasteiger partial charge in [-0.3, -0.25) is 0 Å². The third-order valence-corrected chi connectivity index (χ3v) is 3.24. The lowest BCUT2D eigenvalue weighted by molar-refractivity contribution is 0.390. The molecule has 0 amide bonds. The molecular weight excluding hydrogens is 308 g/mol. The predicted octanol–water partition coefficient (Wildman–Crippen LogP) is 3.91. The zero-order chi connectivity index (χ0) is 13.8. The van der Waals surface area contributed by atoms with Crippen LogP contribution >= 0.6 is 15.9 Å². The zero-order valence-electron chi connectivity index (χ0n) is 11.0. The maximum Gasteiger partial charge on any atom is 0.148 e. The van der Waals surface area contributed by atoms with E-state index in [2.05, 4.69) is 26.2 Å². The van der Waals surface area contributed by atoms with Crippen LogP contribution in [0.5, 0.6) is 11.5 Å². The van der Waals surface area contributed by atoms with Crippen LogP contribution in [0, 0.1) is 6.92 Å². The molecule has 1 aromatic carbocycles. The summed E-state index contributed by atoms with van der Waals surface area (Å²) in [5.74, 6) is 2.31. The fourth-order valence-corrected chi connectivity index (χ4v) is 2.08. The lowest BCUT2D eigenvalue weighted by atomic mass is 10.1. The van der Waals surface area contributed by atoms with Gasteiger partial charge in [0.15, 0.2) is 0 Å². The van der Waals surface area contributed by atoms with Crippen molar-refractivity contribution in [2.24, 2.45) is 0 Å². The maximum atomic E-state index is 5.44. The molecule has 1 heterocycles. The number of nitrogens with one attached hydrogen (secondary N) is 1. The fraction of sp³-hybridized carbons (Fsp3) is 0.214. The highest BCUT2D eigenvalue weighted by Crippen LogP contribution is 2.36. The second-order valence-electron chi connectivity index (χ2n) is 3.96. The monoisotopic (exact) mass is 322 g/mol. The Morgan fingerprint density at radius 3 is 2.47 bits per heavy atom. The van der Waals surface area contributed by atoms with E-state index in [9.17, 15) is 0 Å². The number of halogens is 1. The molecule has 0 aliphatic rings. The quantitative estimate of drug-likeness (QED) is 0.926. The van der Waals surface area contributed by atoms with Crippen LogP contribution in [0.4, 0.5) is 11.5 Å². The molecule has 0 aliphatic carbocycles. The van der Waals surface area contributed by atoms with Crippen molar-refractivity contribution in [1.82, 2.24) is 4.98 Å². The van der Waals surface area contributed by atoms with Gasteiger partial charge < -0.3 is 14.8 Å². The van der Waals surface area contributed by atoms with Crippen LogP contribution in [-0.4, -0.2) is 19.2 Å². The molecule has 0 atom stereocenters. The lowest BCUT2D eigenvalue weighted by Crippen LogP contribution is -1.99. The highest BCUT2D eigenvalue weighted by molar-refractivity contribution is 9.10. The van der Waals surface area contributed by atoms with Gasteiger partial charge in [0.2, 0.25) is 0 Å². The molecule has 0 saturated carbocycles. The molecule has 0 unspecified atom stereocenters. The largest absolute Gasteiger partial charge is 0.496 e. The van der Waals surface area contributed by atoms with E-state index >= 15 is 0 Å². The number of aromatic nitrogens is 1. The van der Waals surface area contributed by atoms with Gasteiger partial charge in [0, 0.05) is 16.2 Å². The third kappa shape index (κ3) is 2.98. The summed E-state index contributed by atoms with van der Waals surface area (Å²) in [6.45, 7) is 1.96. The van der Waals surface area contributed by atoms with Crippen molar-refractivity contribution >= 4 is 27.4 Å². The topological polar surface area (TPSA) is 43.4 Å². The Morgan fingerprint density at radius 2 is 1.89 bits per heavy atom. The molecule has 0 saturated heterocycles.